The molecule has 0 saturated heterocycles. The number of non-ortho nitro benzene ring substituents is 1. The molecule has 0 fully saturated rings. The largest absolute Gasteiger partial charge is 0.506 e. The van der Waals surface area contributed by atoms with Gasteiger partial charge in [0.2, 0.25) is 0 Å². The second-order valence-electron chi connectivity index (χ2n) is 7.99. The van der Waals surface area contributed by atoms with E-state index in [1.54, 1.807) is 0 Å². The third kappa shape index (κ3) is 6.22. The third-order valence-corrected chi connectivity index (χ3v) is 6.42. The Morgan fingerprint density at radius 2 is 2.00 bits per heavy atom. The molecule has 0 saturated carbocycles. The number of hydrogen-bond donors (Lipinski definition) is 1. The van der Waals surface area contributed by atoms with Gasteiger partial charge in [-0.15, -0.1) is 0 Å². The number of ketones is 1. The maximum absolute atomic E-state index is 12.5. The number of nitrogens with zero attached hydrogens (tertiary/aromatic N) is 4. The summed E-state index contributed by atoms with van der Waals surface area (Å²) in [6.07, 6.45) is 3.07. The van der Waals surface area contributed by atoms with Gasteiger partial charge in [0.25, 0.3) is 11.4 Å². The number of methoxy groups -OCH3 is 1. The van der Waals surface area contributed by atoms with Crippen molar-refractivity contribution < 1.29 is 29.3 Å². The first-order chi connectivity index (χ1) is 17.1. The molecule has 1 aliphatic rings. The number of nitro groups is 2. The number of carbonyl (C=O) groups is 2. The zero-order chi connectivity index (χ0) is 26.4. The van der Waals surface area contributed by atoms with Gasteiger partial charge in [0, 0.05) is 53.5 Å². The molecule has 12 nitrogen and oxygen atoms in total. The number of rotatable bonds is 10. The first-order valence-corrected chi connectivity index (χ1v) is 11.8. The van der Waals surface area contributed by atoms with Crippen LogP contribution in [0.15, 0.2) is 33.7 Å². The van der Waals surface area contributed by atoms with Crippen molar-refractivity contribution in [1.29, 1.82) is 0 Å². The predicted molar refractivity (Wildman–Crippen MR) is 134 cm³/mol. The van der Waals surface area contributed by atoms with Gasteiger partial charge in [0.1, 0.15) is 11.4 Å². The highest BCUT2D eigenvalue weighted by Gasteiger charge is 2.26. The van der Waals surface area contributed by atoms with E-state index in [0.717, 1.165) is 6.07 Å². The van der Waals surface area contributed by atoms with Crippen molar-refractivity contribution >= 4 is 56.6 Å². The number of carbonyl (C=O) groups excluding carboxylic acids is 2. The summed E-state index contributed by atoms with van der Waals surface area (Å²) in [5, 5.41) is 32.8. The Morgan fingerprint density at radius 3 is 2.67 bits per heavy atom. The Labute approximate surface area is 214 Å². The van der Waals surface area contributed by atoms with Gasteiger partial charge in [-0.2, -0.15) is 0 Å². The van der Waals surface area contributed by atoms with Crippen molar-refractivity contribution in [3.63, 3.8) is 0 Å². The van der Waals surface area contributed by atoms with E-state index in [0.29, 0.717) is 42.7 Å². The number of unbranched alkanes of at least 4 members (excludes halogenated alkanes) is 1. The van der Waals surface area contributed by atoms with E-state index in [2.05, 4.69) is 25.7 Å². The molecule has 190 valence electrons. The topological polar surface area (TPSA) is 165 Å². The van der Waals surface area contributed by atoms with Crippen LogP contribution in [-0.2, 0) is 16.0 Å². The first kappa shape index (κ1) is 26.7. The van der Waals surface area contributed by atoms with Crippen molar-refractivity contribution in [2.24, 2.45) is 4.99 Å². The molecule has 1 N–H and O–H groups in total. The Kier molecular flexibility index (Phi) is 8.69. The molecule has 0 amide bonds. The number of phenols is 1. The quantitative estimate of drug-likeness (QED) is 0.142. The SMILES string of the molecule is COC(=O)CCN1CCC(=O)c2cc(N=CCCCc3c(Br)cc([N+](=O)[O-])cc3[N+](=O)[O-])c(O)cc21. The number of benzene rings is 2. The summed E-state index contributed by atoms with van der Waals surface area (Å²) in [6, 6.07) is 5.12. The number of phenolic OH excluding ortho intramolecular Hbond substituents is 1. The molecule has 0 aromatic heterocycles. The lowest BCUT2D eigenvalue weighted by molar-refractivity contribution is -0.394. The van der Waals surface area contributed by atoms with E-state index in [9.17, 15) is 34.9 Å². The molecule has 0 radical (unpaired) electrons. The molecule has 0 aliphatic carbocycles. The molecule has 1 heterocycles. The number of aromatic hydroxyl groups is 1. The predicted octanol–water partition coefficient (Wildman–Crippen LogP) is 4.65. The van der Waals surface area contributed by atoms with Crippen molar-refractivity contribution in [2.75, 3.05) is 25.1 Å². The first-order valence-electron chi connectivity index (χ1n) is 11.0. The smallest absolute Gasteiger partial charge is 0.307 e. The number of aliphatic imine (C=N–C) groups is 1. The molecule has 0 bridgehead atoms. The second-order valence-corrected chi connectivity index (χ2v) is 8.84. The van der Waals surface area contributed by atoms with E-state index in [-0.39, 0.29) is 58.3 Å². The zero-order valence-corrected chi connectivity index (χ0v) is 20.9. The summed E-state index contributed by atoms with van der Waals surface area (Å²) >= 11 is 3.18. The summed E-state index contributed by atoms with van der Waals surface area (Å²) in [5.74, 6) is -0.590. The van der Waals surface area contributed by atoms with Crippen molar-refractivity contribution in [3.8, 4) is 5.75 Å². The minimum atomic E-state index is -0.692. The number of anilines is 1. The molecule has 36 heavy (non-hydrogen) atoms. The number of Topliss-reactive ketones (excluding diaryl/α,β-unsaturated/α-hetero) is 1. The highest BCUT2D eigenvalue weighted by molar-refractivity contribution is 9.10. The second kappa shape index (κ2) is 11.7. The van der Waals surface area contributed by atoms with Crippen LogP contribution in [0.1, 0.15) is 41.6 Å². The monoisotopic (exact) mass is 562 g/mol. The summed E-state index contributed by atoms with van der Waals surface area (Å²) < 4.78 is 4.94. The van der Waals surface area contributed by atoms with E-state index in [4.69, 9.17) is 0 Å². The van der Waals surface area contributed by atoms with Crippen LogP contribution in [0.5, 0.6) is 5.75 Å². The van der Waals surface area contributed by atoms with Crippen LogP contribution in [0.3, 0.4) is 0 Å². The van der Waals surface area contributed by atoms with E-state index in [1.807, 2.05) is 4.90 Å². The number of esters is 1. The fourth-order valence-electron chi connectivity index (χ4n) is 3.86. The summed E-state index contributed by atoms with van der Waals surface area (Å²) in [4.78, 5) is 51.0. The van der Waals surface area contributed by atoms with Crippen molar-refractivity contribution in [1.82, 2.24) is 0 Å². The third-order valence-electron chi connectivity index (χ3n) is 5.71. The van der Waals surface area contributed by atoms with Crippen molar-refractivity contribution in [3.05, 3.63) is 60.1 Å². The van der Waals surface area contributed by atoms with Crippen LogP contribution in [0, 0.1) is 20.2 Å². The molecule has 13 heteroatoms. The number of nitro benzene ring substituents is 2. The molecule has 2 aromatic carbocycles. The number of fused-ring (bicyclic) bond motifs is 1. The molecule has 0 unspecified atom stereocenters. The lowest BCUT2D eigenvalue weighted by atomic mass is 9.99. The Hall–Kier alpha value is -3.87. The molecule has 0 spiro atoms. The number of halogens is 1. The zero-order valence-electron chi connectivity index (χ0n) is 19.3. The van der Waals surface area contributed by atoms with Crippen molar-refractivity contribution in [2.45, 2.75) is 32.1 Å². The Balaban J connectivity index is 1.70. The van der Waals surface area contributed by atoms with Crippen LogP contribution in [0.25, 0.3) is 0 Å². The van der Waals surface area contributed by atoms with Crippen LogP contribution in [-0.4, -0.2) is 53.1 Å². The Bertz CT molecular complexity index is 1250. The molecular weight excluding hydrogens is 540 g/mol. The van der Waals surface area contributed by atoms with Crippen LogP contribution in [0.4, 0.5) is 22.7 Å². The summed E-state index contributed by atoms with van der Waals surface area (Å²) in [5.41, 5.74) is 0.770. The van der Waals surface area contributed by atoms with Crippen LogP contribution < -0.4 is 4.90 Å². The number of ether oxygens (including phenoxy) is 1. The van der Waals surface area contributed by atoms with Gasteiger partial charge in [0.05, 0.1) is 35.1 Å². The lowest BCUT2D eigenvalue weighted by Crippen LogP contribution is -2.33. The molecule has 2 aromatic rings. The number of hydrogen-bond acceptors (Lipinski definition) is 10. The normalized spacial score (nSPS) is 13.1. The van der Waals surface area contributed by atoms with Gasteiger partial charge >= 0.3 is 5.97 Å². The van der Waals surface area contributed by atoms with Gasteiger partial charge in [-0.05, 0) is 25.3 Å². The van der Waals surface area contributed by atoms with Crippen LogP contribution >= 0.6 is 15.9 Å². The standard InChI is InChI=1S/C23H23BrN4O8/c1-36-23(31)6-9-26-8-5-21(29)16-12-18(22(30)13-19(16)26)25-7-3-2-4-15-17(24)10-14(27(32)33)11-20(15)28(34)35/h7,10-13,30H,2-6,8-9H2,1H3. The highest BCUT2D eigenvalue weighted by atomic mass is 79.9. The van der Waals surface area contributed by atoms with E-state index in [1.165, 1.54) is 31.5 Å². The summed E-state index contributed by atoms with van der Waals surface area (Å²) in [6.45, 7) is 0.772. The lowest BCUT2D eigenvalue weighted by Gasteiger charge is -2.30. The Morgan fingerprint density at radius 1 is 1.25 bits per heavy atom. The summed E-state index contributed by atoms with van der Waals surface area (Å²) in [7, 11) is 1.30. The van der Waals surface area contributed by atoms with E-state index < -0.39 is 9.85 Å². The minimum absolute atomic E-state index is 0.0916. The fraction of sp³-hybridized carbons (Fsp3) is 0.348. The fourth-order valence-corrected chi connectivity index (χ4v) is 4.50. The maximum Gasteiger partial charge on any atom is 0.307 e. The van der Waals surface area contributed by atoms with Gasteiger partial charge in [0.15, 0.2) is 5.78 Å². The van der Waals surface area contributed by atoms with Crippen LogP contribution in [0.2, 0.25) is 0 Å². The van der Waals surface area contributed by atoms with E-state index >= 15 is 0 Å². The van der Waals surface area contributed by atoms with Gasteiger partial charge in [-0.1, -0.05) is 15.9 Å². The minimum Gasteiger partial charge on any atom is -0.506 e. The van der Waals surface area contributed by atoms with Gasteiger partial charge < -0.3 is 14.7 Å². The molecule has 3 rings (SSSR count). The molecule has 1 aliphatic heterocycles. The average molecular weight is 563 g/mol. The average Bonchev–Trinajstić information content (AvgIpc) is 2.84. The highest BCUT2D eigenvalue weighted by Crippen LogP contribution is 2.38. The molecular formula is C23H23BrN4O8. The van der Waals surface area contributed by atoms with Gasteiger partial charge in [-0.25, -0.2) is 0 Å². The maximum atomic E-state index is 12.5. The van der Waals surface area contributed by atoms with Gasteiger partial charge in [-0.3, -0.25) is 34.8 Å². The molecule has 0 atom stereocenters.